The number of fused-ring (bicyclic) bond motifs is 1. The molecule has 2 nitrogen and oxygen atoms in total. The number of hydrogen-bond donors (Lipinski definition) is 2. The summed E-state index contributed by atoms with van der Waals surface area (Å²) in [4.78, 5) is 2.74. The van der Waals surface area contributed by atoms with Gasteiger partial charge < -0.3 is 10.7 Å². The first-order valence-corrected chi connectivity index (χ1v) is 4.82. The largest absolute Gasteiger partial charge is 0.418 e. The normalized spacial score (nSPS) is 12.3. The van der Waals surface area contributed by atoms with Crippen LogP contribution in [0.3, 0.4) is 0 Å². The Balaban J connectivity index is 2.79. The molecule has 5 heteroatoms. The number of halogens is 3. The number of benzene rings is 1. The molecule has 0 radical (unpaired) electrons. The molecule has 0 unspecified atom stereocenters. The van der Waals surface area contributed by atoms with Gasteiger partial charge >= 0.3 is 6.18 Å². The van der Waals surface area contributed by atoms with Crippen LogP contribution in [-0.2, 0) is 12.7 Å². The van der Waals surface area contributed by atoms with Crippen molar-refractivity contribution in [3.8, 4) is 0 Å². The van der Waals surface area contributed by atoms with E-state index in [4.69, 9.17) is 5.73 Å². The molecule has 0 bridgehead atoms. The number of aryl methyl sites for hydroxylation is 1. The summed E-state index contributed by atoms with van der Waals surface area (Å²) in [7, 11) is 0. The van der Waals surface area contributed by atoms with E-state index in [0.717, 1.165) is 11.6 Å². The minimum atomic E-state index is -4.34. The van der Waals surface area contributed by atoms with Crippen molar-refractivity contribution in [3.05, 3.63) is 35.0 Å². The summed E-state index contributed by atoms with van der Waals surface area (Å²) in [6.45, 7) is 1.97. The van der Waals surface area contributed by atoms with Crippen LogP contribution in [0.15, 0.2) is 18.2 Å². The lowest BCUT2D eigenvalue weighted by Gasteiger charge is -2.07. The van der Waals surface area contributed by atoms with Gasteiger partial charge in [-0.15, -0.1) is 0 Å². The Bertz CT molecular complexity index is 526. The molecule has 0 amide bonds. The Morgan fingerprint density at radius 3 is 2.56 bits per heavy atom. The molecule has 0 aliphatic heterocycles. The maximum absolute atomic E-state index is 12.7. The van der Waals surface area contributed by atoms with Crippen LogP contribution < -0.4 is 5.73 Å². The molecule has 0 saturated carbocycles. The summed E-state index contributed by atoms with van der Waals surface area (Å²) in [5.74, 6) is 0. The van der Waals surface area contributed by atoms with E-state index in [2.05, 4.69) is 4.98 Å². The Morgan fingerprint density at radius 2 is 2.00 bits per heavy atom. The lowest BCUT2D eigenvalue weighted by atomic mass is 10.1. The number of para-hydroxylation sites is 1. The van der Waals surface area contributed by atoms with Crippen LogP contribution in [0.4, 0.5) is 13.2 Å². The van der Waals surface area contributed by atoms with Gasteiger partial charge in [0.25, 0.3) is 0 Å². The van der Waals surface area contributed by atoms with Crippen LogP contribution in [0, 0.1) is 6.92 Å². The van der Waals surface area contributed by atoms with Crippen molar-refractivity contribution in [2.75, 3.05) is 0 Å². The average Bonchev–Trinajstić information content (AvgIpc) is 2.54. The molecule has 1 aromatic carbocycles. The van der Waals surface area contributed by atoms with Crippen LogP contribution in [0.5, 0.6) is 0 Å². The smallest absolute Gasteiger partial charge is 0.357 e. The average molecular weight is 228 g/mol. The van der Waals surface area contributed by atoms with E-state index in [1.807, 2.05) is 0 Å². The fraction of sp³-hybridized carbons (Fsp3) is 0.273. The molecule has 0 atom stereocenters. The molecule has 1 aromatic heterocycles. The maximum Gasteiger partial charge on any atom is 0.418 e. The van der Waals surface area contributed by atoms with E-state index in [-0.39, 0.29) is 12.1 Å². The number of alkyl halides is 3. The topological polar surface area (TPSA) is 41.8 Å². The third-order valence-corrected chi connectivity index (χ3v) is 2.71. The van der Waals surface area contributed by atoms with Gasteiger partial charge in [-0.1, -0.05) is 12.1 Å². The van der Waals surface area contributed by atoms with Crippen molar-refractivity contribution < 1.29 is 13.2 Å². The van der Waals surface area contributed by atoms with Gasteiger partial charge in [0.15, 0.2) is 0 Å². The fourth-order valence-corrected chi connectivity index (χ4v) is 1.85. The number of aromatic amines is 1. The first-order valence-electron chi connectivity index (χ1n) is 4.82. The van der Waals surface area contributed by atoms with Crippen molar-refractivity contribution in [2.45, 2.75) is 19.6 Å². The summed E-state index contributed by atoms with van der Waals surface area (Å²) in [5, 5.41) is 0.579. The summed E-state index contributed by atoms with van der Waals surface area (Å²) in [5.41, 5.74) is 6.36. The zero-order valence-electron chi connectivity index (χ0n) is 8.65. The van der Waals surface area contributed by atoms with Gasteiger partial charge in [0, 0.05) is 17.6 Å². The quantitative estimate of drug-likeness (QED) is 0.774. The number of nitrogens with two attached hydrogens (primary N) is 1. The Kier molecular flexibility index (Phi) is 2.42. The van der Waals surface area contributed by atoms with Gasteiger partial charge in [0.2, 0.25) is 0 Å². The fourth-order valence-electron chi connectivity index (χ4n) is 1.85. The highest BCUT2D eigenvalue weighted by Gasteiger charge is 2.33. The molecule has 3 N–H and O–H groups in total. The second-order valence-electron chi connectivity index (χ2n) is 3.66. The molecule has 0 spiro atoms. The third-order valence-electron chi connectivity index (χ3n) is 2.71. The van der Waals surface area contributed by atoms with Gasteiger partial charge in [0.1, 0.15) is 0 Å². The van der Waals surface area contributed by atoms with Crippen molar-refractivity contribution in [1.82, 2.24) is 4.98 Å². The summed E-state index contributed by atoms with van der Waals surface area (Å²) >= 11 is 0. The minimum absolute atomic E-state index is 0.118. The van der Waals surface area contributed by atoms with Crippen LogP contribution >= 0.6 is 0 Å². The molecule has 0 aliphatic carbocycles. The first-order chi connectivity index (χ1) is 7.45. The molecular formula is C11H11F3N2. The van der Waals surface area contributed by atoms with E-state index in [9.17, 15) is 13.2 Å². The summed E-state index contributed by atoms with van der Waals surface area (Å²) in [6.07, 6.45) is -4.34. The standard InChI is InChI=1S/C11H11F3N2/c1-6-7-3-2-4-8(11(12,13)14)10(7)16-9(6)5-15/h2-4,16H,5,15H2,1H3. The van der Waals surface area contributed by atoms with Crippen LogP contribution in [-0.4, -0.2) is 4.98 Å². The number of H-pyrrole nitrogens is 1. The lowest BCUT2D eigenvalue weighted by molar-refractivity contribution is -0.136. The van der Waals surface area contributed by atoms with Crippen LogP contribution in [0.1, 0.15) is 16.8 Å². The number of rotatable bonds is 1. The second kappa shape index (κ2) is 3.52. The zero-order chi connectivity index (χ0) is 11.9. The van der Waals surface area contributed by atoms with Crippen molar-refractivity contribution in [2.24, 2.45) is 5.73 Å². The second-order valence-corrected chi connectivity index (χ2v) is 3.66. The monoisotopic (exact) mass is 228 g/mol. The van der Waals surface area contributed by atoms with Crippen LogP contribution in [0.2, 0.25) is 0 Å². The lowest BCUT2D eigenvalue weighted by Crippen LogP contribution is -2.05. The highest BCUT2D eigenvalue weighted by molar-refractivity contribution is 5.87. The van der Waals surface area contributed by atoms with Crippen LogP contribution in [0.25, 0.3) is 10.9 Å². The molecular weight excluding hydrogens is 217 g/mol. The first kappa shape index (κ1) is 11.0. The Morgan fingerprint density at radius 1 is 1.31 bits per heavy atom. The van der Waals surface area contributed by atoms with E-state index in [1.165, 1.54) is 6.07 Å². The van der Waals surface area contributed by atoms with Crippen molar-refractivity contribution >= 4 is 10.9 Å². The molecule has 0 aliphatic rings. The van der Waals surface area contributed by atoms with E-state index in [0.29, 0.717) is 11.1 Å². The van der Waals surface area contributed by atoms with Gasteiger partial charge in [0.05, 0.1) is 11.1 Å². The Labute approximate surface area is 90.3 Å². The van der Waals surface area contributed by atoms with E-state index < -0.39 is 11.7 Å². The zero-order valence-corrected chi connectivity index (χ0v) is 8.65. The Hall–Kier alpha value is -1.49. The van der Waals surface area contributed by atoms with Gasteiger partial charge in [-0.2, -0.15) is 13.2 Å². The van der Waals surface area contributed by atoms with Crippen molar-refractivity contribution in [1.29, 1.82) is 0 Å². The van der Waals surface area contributed by atoms with Crippen molar-refractivity contribution in [3.63, 3.8) is 0 Å². The van der Waals surface area contributed by atoms with Gasteiger partial charge in [-0.25, -0.2) is 0 Å². The predicted molar refractivity (Wildman–Crippen MR) is 55.9 cm³/mol. The molecule has 0 fully saturated rings. The number of hydrogen-bond acceptors (Lipinski definition) is 1. The summed E-state index contributed by atoms with van der Waals surface area (Å²) in [6, 6.07) is 4.14. The molecule has 1 heterocycles. The predicted octanol–water partition coefficient (Wildman–Crippen LogP) is 2.95. The number of nitrogens with one attached hydrogen (secondary N) is 1. The third kappa shape index (κ3) is 1.57. The van der Waals surface area contributed by atoms with E-state index >= 15 is 0 Å². The number of aromatic nitrogens is 1. The molecule has 0 saturated heterocycles. The maximum atomic E-state index is 12.7. The molecule has 2 aromatic rings. The highest BCUT2D eigenvalue weighted by atomic mass is 19.4. The molecule has 2 rings (SSSR count). The van der Waals surface area contributed by atoms with Gasteiger partial charge in [-0.3, -0.25) is 0 Å². The SMILES string of the molecule is Cc1c(CN)[nH]c2c(C(F)(F)F)cccc12. The highest BCUT2D eigenvalue weighted by Crippen LogP contribution is 2.35. The summed E-state index contributed by atoms with van der Waals surface area (Å²) < 4.78 is 38.1. The molecule has 86 valence electrons. The minimum Gasteiger partial charge on any atom is -0.357 e. The molecule has 16 heavy (non-hydrogen) atoms. The van der Waals surface area contributed by atoms with Gasteiger partial charge in [-0.05, 0) is 18.6 Å². The van der Waals surface area contributed by atoms with E-state index in [1.54, 1.807) is 13.0 Å².